The first-order chi connectivity index (χ1) is 11.3. The summed E-state index contributed by atoms with van der Waals surface area (Å²) in [5, 5.41) is 42.9. The zero-order valence-corrected chi connectivity index (χ0v) is 16.1. The third kappa shape index (κ3) is 7.95. The number of hydrogen-bond acceptors (Lipinski definition) is 7. The monoisotopic (exact) mass is 398 g/mol. The molecule has 0 amide bonds. The third-order valence-electron chi connectivity index (χ3n) is 2.75. The quantitative estimate of drug-likeness (QED) is 0.388. The van der Waals surface area contributed by atoms with E-state index in [1.54, 1.807) is 6.07 Å². The van der Waals surface area contributed by atoms with E-state index >= 15 is 0 Å². The Labute approximate surface area is 155 Å². The summed E-state index contributed by atoms with van der Waals surface area (Å²) in [5.74, 6) is -2.24. The van der Waals surface area contributed by atoms with Gasteiger partial charge in [0.2, 0.25) is 0 Å². The average molecular weight is 399 g/mol. The molecule has 2 aromatic rings. The van der Waals surface area contributed by atoms with E-state index in [0.29, 0.717) is 6.42 Å². The predicted octanol–water partition coefficient (Wildman–Crippen LogP) is -1.23. The van der Waals surface area contributed by atoms with Gasteiger partial charge in [-0.05, 0) is 41.7 Å². The van der Waals surface area contributed by atoms with Crippen LogP contribution in [0, 0.1) is 0 Å². The minimum atomic E-state index is -1.66. The second kappa shape index (κ2) is 11.4. The van der Waals surface area contributed by atoms with E-state index in [1.807, 2.05) is 0 Å². The van der Waals surface area contributed by atoms with Crippen molar-refractivity contribution >= 4 is 24.5 Å². The SMILES string of the molecule is O=C(O)c1cc(B(O)O)ccn1.O=C(O)c1cc(CCO)ccn1.[Zn]. The smallest absolute Gasteiger partial charge is 0.477 e. The number of carboxylic acid groups (broad SMARTS) is 2. The fraction of sp³-hybridized carbons (Fsp3) is 0.143. The number of carboxylic acids is 2. The molecule has 5 N–H and O–H groups in total. The van der Waals surface area contributed by atoms with E-state index in [1.165, 1.54) is 24.5 Å². The van der Waals surface area contributed by atoms with Crippen molar-refractivity contribution in [2.24, 2.45) is 0 Å². The maximum absolute atomic E-state index is 10.4. The van der Waals surface area contributed by atoms with Gasteiger partial charge in [0, 0.05) is 38.5 Å². The van der Waals surface area contributed by atoms with Crippen molar-refractivity contribution in [3.8, 4) is 0 Å². The van der Waals surface area contributed by atoms with Crippen molar-refractivity contribution < 1.29 is 54.4 Å². The van der Waals surface area contributed by atoms with Crippen LogP contribution in [-0.2, 0) is 25.9 Å². The molecule has 2 heterocycles. The molecule has 0 fully saturated rings. The van der Waals surface area contributed by atoms with Gasteiger partial charge in [0.15, 0.2) is 0 Å². The summed E-state index contributed by atoms with van der Waals surface area (Å²) in [5.41, 5.74) is 0.703. The van der Waals surface area contributed by atoms with E-state index < -0.39 is 19.1 Å². The fourth-order valence-electron chi connectivity index (χ4n) is 1.60. The predicted molar refractivity (Wildman–Crippen MR) is 83.0 cm³/mol. The first kappa shape index (κ1) is 22.8. The maximum Gasteiger partial charge on any atom is 0.488 e. The van der Waals surface area contributed by atoms with Crippen LogP contribution in [0.15, 0.2) is 36.7 Å². The molecule has 11 heteroatoms. The van der Waals surface area contributed by atoms with Crippen LogP contribution in [0.25, 0.3) is 0 Å². The van der Waals surface area contributed by atoms with E-state index in [4.69, 9.17) is 25.4 Å². The molecule has 0 bridgehead atoms. The Balaban J connectivity index is 0.000000443. The normalized spacial score (nSPS) is 9.24. The summed E-state index contributed by atoms with van der Waals surface area (Å²) in [7, 11) is -1.66. The van der Waals surface area contributed by atoms with Gasteiger partial charge in [0.1, 0.15) is 11.4 Å². The van der Waals surface area contributed by atoms with Crippen LogP contribution in [0.3, 0.4) is 0 Å². The Hall–Kier alpha value is -2.19. The Morgan fingerprint density at radius 2 is 1.48 bits per heavy atom. The summed E-state index contributed by atoms with van der Waals surface area (Å²) >= 11 is 0. The Kier molecular flexibility index (Phi) is 10.4. The van der Waals surface area contributed by atoms with E-state index in [9.17, 15) is 9.59 Å². The number of aliphatic hydroxyl groups is 1. The summed E-state index contributed by atoms with van der Waals surface area (Å²) < 4.78 is 0. The van der Waals surface area contributed by atoms with Gasteiger partial charge in [0.25, 0.3) is 0 Å². The molecule has 25 heavy (non-hydrogen) atoms. The third-order valence-corrected chi connectivity index (χ3v) is 2.75. The Morgan fingerprint density at radius 1 is 0.960 bits per heavy atom. The molecule has 9 nitrogen and oxygen atoms in total. The van der Waals surface area contributed by atoms with Crippen molar-refractivity contribution in [2.45, 2.75) is 6.42 Å². The second-order valence-electron chi connectivity index (χ2n) is 4.48. The summed E-state index contributed by atoms with van der Waals surface area (Å²) in [6, 6.07) is 5.57. The molecule has 0 aromatic carbocycles. The number of nitrogens with zero attached hydrogens (tertiary/aromatic N) is 2. The van der Waals surface area contributed by atoms with Crippen LogP contribution in [0.1, 0.15) is 26.5 Å². The summed E-state index contributed by atoms with van der Waals surface area (Å²) in [4.78, 5) is 27.9. The molecule has 0 radical (unpaired) electrons. The standard InChI is InChI=1S/C8H9NO3.C6H6BNO4.Zn/c10-4-2-6-1-3-9-7(5-6)8(11)12;9-6(10)5-3-4(7(11)12)1-2-8-5;/h1,3,5,10H,2,4H2,(H,11,12);1-3,11-12H,(H,9,10);. The van der Waals surface area contributed by atoms with Gasteiger partial charge in [0.05, 0.1) is 0 Å². The molecular formula is C14H15BN2O7Zn. The molecule has 2 rings (SSSR count). The molecule has 0 saturated heterocycles. The van der Waals surface area contributed by atoms with E-state index in [2.05, 4.69) is 9.97 Å². The minimum Gasteiger partial charge on any atom is -0.477 e. The molecular weight excluding hydrogens is 384 g/mol. The topological polar surface area (TPSA) is 161 Å². The minimum absolute atomic E-state index is 0. The zero-order chi connectivity index (χ0) is 18.1. The molecule has 0 saturated carbocycles. The Bertz CT molecular complexity index is 715. The van der Waals surface area contributed by atoms with Gasteiger partial charge in [-0.15, -0.1) is 0 Å². The number of aromatic carboxylic acids is 2. The van der Waals surface area contributed by atoms with Gasteiger partial charge >= 0.3 is 19.1 Å². The van der Waals surface area contributed by atoms with Gasteiger partial charge < -0.3 is 25.4 Å². The van der Waals surface area contributed by atoms with Gasteiger partial charge in [-0.3, -0.25) is 0 Å². The molecule has 128 valence electrons. The number of carbonyl (C=O) groups is 2. The zero-order valence-electron chi connectivity index (χ0n) is 13.1. The van der Waals surface area contributed by atoms with Crippen LogP contribution in [0.2, 0.25) is 0 Å². The van der Waals surface area contributed by atoms with Gasteiger partial charge in [-0.25, -0.2) is 19.6 Å². The number of pyridine rings is 2. The first-order valence-corrected chi connectivity index (χ1v) is 6.69. The van der Waals surface area contributed by atoms with E-state index in [-0.39, 0.29) is 42.9 Å². The number of aromatic nitrogens is 2. The van der Waals surface area contributed by atoms with Crippen LogP contribution >= 0.6 is 0 Å². The van der Waals surface area contributed by atoms with Gasteiger partial charge in [-0.2, -0.15) is 0 Å². The summed E-state index contributed by atoms with van der Waals surface area (Å²) in [6.07, 6.45) is 3.09. The maximum atomic E-state index is 10.4. The van der Waals surface area contributed by atoms with Crippen LogP contribution in [-0.4, -0.2) is 61.0 Å². The van der Waals surface area contributed by atoms with Crippen LogP contribution < -0.4 is 5.46 Å². The number of rotatable bonds is 5. The van der Waals surface area contributed by atoms with Crippen molar-refractivity contribution in [3.63, 3.8) is 0 Å². The molecule has 0 atom stereocenters. The number of aliphatic hydroxyl groups excluding tert-OH is 1. The van der Waals surface area contributed by atoms with Crippen molar-refractivity contribution in [2.75, 3.05) is 6.61 Å². The van der Waals surface area contributed by atoms with Crippen molar-refractivity contribution in [1.82, 2.24) is 9.97 Å². The average Bonchev–Trinajstić information content (AvgIpc) is 2.56. The molecule has 0 spiro atoms. The van der Waals surface area contributed by atoms with Crippen LogP contribution in [0.4, 0.5) is 0 Å². The van der Waals surface area contributed by atoms with Crippen molar-refractivity contribution in [3.05, 3.63) is 53.6 Å². The molecule has 0 aliphatic heterocycles. The molecule has 0 aliphatic carbocycles. The summed E-state index contributed by atoms with van der Waals surface area (Å²) in [6.45, 7) is 0.0169. The van der Waals surface area contributed by atoms with Gasteiger partial charge in [-0.1, -0.05) is 0 Å². The van der Waals surface area contributed by atoms with E-state index in [0.717, 1.165) is 11.6 Å². The first-order valence-electron chi connectivity index (χ1n) is 6.69. The molecule has 0 unspecified atom stereocenters. The number of hydrogen-bond donors (Lipinski definition) is 5. The van der Waals surface area contributed by atoms with Crippen LogP contribution in [0.5, 0.6) is 0 Å². The second-order valence-corrected chi connectivity index (χ2v) is 4.48. The largest absolute Gasteiger partial charge is 0.488 e. The molecule has 2 aromatic heterocycles. The fourth-order valence-corrected chi connectivity index (χ4v) is 1.60. The molecule has 0 aliphatic rings. The van der Waals surface area contributed by atoms with Crippen molar-refractivity contribution in [1.29, 1.82) is 0 Å². The Morgan fingerprint density at radius 3 is 1.96 bits per heavy atom.